The highest BCUT2D eigenvalue weighted by molar-refractivity contribution is 5.55. The molecule has 47 heavy (non-hydrogen) atoms. The van der Waals surface area contributed by atoms with Gasteiger partial charge in [0.2, 0.25) is 0 Å². The van der Waals surface area contributed by atoms with E-state index in [-0.39, 0.29) is 0 Å². The average Bonchev–Trinajstić information content (AvgIpc) is 3.35. The molecule has 0 nitrogen and oxygen atoms in total. The third-order valence-corrected chi connectivity index (χ3v) is 15.7. The lowest BCUT2D eigenvalue weighted by molar-refractivity contribution is 0.0972. The van der Waals surface area contributed by atoms with Gasteiger partial charge in [-0.2, -0.15) is 0 Å². The molecule has 0 amide bonds. The maximum absolute atomic E-state index is 2.62. The van der Waals surface area contributed by atoms with Crippen LogP contribution in [0.3, 0.4) is 0 Å². The fourth-order valence-corrected chi connectivity index (χ4v) is 13.3. The third kappa shape index (κ3) is 7.73. The smallest absolute Gasteiger partial charge is 0.00529 e. The summed E-state index contributed by atoms with van der Waals surface area (Å²) in [5, 5.41) is 0. The monoisotopic (exact) mass is 647 g/mol. The molecule has 4 fully saturated rings. The minimum Gasteiger partial charge on any atom is -0.0625 e. The summed E-state index contributed by atoms with van der Waals surface area (Å²) in [5.74, 6) is 14.0. The standard InChI is InChI=1S/C47H82/c1-14-35-44(40-23-31(10)15-19-36(40)27(2)3)46(42-25-33(12)17-21-38(42)29(6)7)47(43-26-34(13)18-22-39(43)30(8)9)45(35)41-24-32(11)16-20-37(41)28(4)5/h27-34,36-44H,14-26H2,1-13H3. The maximum Gasteiger partial charge on any atom is 0.00529 e. The van der Waals surface area contributed by atoms with Crippen molar-refractivity contribution in [2.45, 2.75) is 173 Å². The molecule has 0 spiro atoms. The molecule has 0 heterocycles. The maximum atomic E-state index is 2.62. The molecule has 13 atom stereocenters. The zero-order chi connectivity index (χ0) is 34.3. The normalized spacial score (nSPS) is 42.4. The largest absolute Gasteiger partial charge is 0.0625 e. The molecule has 0 N–H and O–H groups in total. The molecule has 0 heteroatoms. The van der Waals surface area contributed by atoms with Crippen LogP contribution in [0, 0.1) is 101 Å². The summed E-state index contributed by atoms with van der Waals surface area (Å²) in [6.45, 7) is 33.9. The minimum absolute atomic E-state index is 0.729. The van der Waals surface area contributed by atoms with Crippen molar-refractivity contribution in [1.29, 1.82) is 0 Å². The molecule has 13 unspecified atom stereocenters. The first-order valence-corrected chi connectivity index (χ1v) is 21.7. The molecule has 5 aliphatic rings. The highest BCUT2D eigenvalue weighted by Gasteiger charge is 2.52. The molecule has 0 radical (unpaired) electrons. The predicted molar refractivity (Wildman–Crippen MR) is 207 cm³/mol. The Morgan fingerprint density at radius 3 is 1.23 bits per heavy atom. The number of rotatable bonds is 9. The van der Waals surface area contributed by atoms with E-state index in [1.807, 2.05) is 11.1 Å². The first kappa shape index (κ1) is 37.7. The average molecular weight is 647 g/mol. The van der Waals surface area contributed by atoms with Crippen LogP contribution in [0.2, 0.25) is 0 Å². The first-order valence-electron chi connectivity index (χ1n) is 21.7. The summed E-state index contributed by atoms with van der Waals surface area (Å²) < 4.78 is 0. The van der Waals surface area contributed by atoms with Crippen LogP contribution in [0.25, 0.3) is 0 Å². The lowest BCUT2D eigenvalue weighted by Crippen LogP contribution is -2.39. The van der Waals surface area contributed by atoms with Crippen molar-refractivity contribution in [3.05, 3.63) is 22.3 Å². The van der Waals surface area contributed by atoms with Crippen LogP contribution in [-0.4, -0.2) is 0 Å². The van der Waals surface area contributed by atoms with Crippen LogP contribution in [0.5, 0.6) is 0 Å². The SMILES string of the molecule is CCC1=C(C2CC(C)CCC2C(C)C)C(C2CC(C)CCC2C(C)C)=C(C2CC(C)CCC2C(C)C)C1C1CC(C)CCC1C(C)C. The summed E-state index contributed by atoms with van der Waals surface area (Å²) in [5.41, 5.74) is 8.21. The summed E-state index contributed by atoms with van der Waals surface area (Å²) in [4.78, 5) is 0. The van der Waals surface area contributed by atoms with Crippen molar-refractivity contribution in [2.75, 3.05) is 0 Å². The second-order valence-electron chi connectivity index (χ2n) is 20.4. The Hall–Kier alpha value is -0.520. The van der Waals surface area contributed by atoms with Crippen LogP contribution < -0.4 is 0 Å². The molecular formula is C47H82. The Morgan fingerprint density at radius 2 is 0.809 bits per heavy atom. The van der Waals surface area contributed by atoms with Crippen molar-refractivity contribution < 1.29 is 0 Å². The van der Waals surface area contributed by atoms with Gasteiger partial charge in [-0.25, -0.2) is 0 Å². The Bertz CT molecular complexity index is 1080. The second-order valence-corrected chi connectivity index (χ2v) is 20.4. The molecule has 0 bridgehead atoms. The number of hydrogen-bond acceptors (Lipinski definition) is 0. The summed E-state index contributed by atoms with van der Waals surface area (Å²) in [6.07, 6.45) is 18.8. The van der Waals surface area contributed by atoms with E-state index in [0.717, 1.165) is 101 Å². The lowest BCUT2D eigenvalue weighted by Gasteiger charge is -2.48. The van der Waals surface area contributed by atoms with Gasteiger partial charge in [-0.1, -0.05) is 127 Å². The summed E-state index contributed by atoms with van der Waals surface area (Å²) in [7, 11) is 0. The lowest BCUT2D eigenvalue weighted by atomic mass is 9.57. The van der Waals surface area contributed by atoms with Gasteiger partial charge in [0.1, 0.15) is 0 Å². The molecule has 270 valence electrons. The Morgan fingerprint density at radius 1 is 0.447 bits per heavy atom. The van der Waals surface area contributed by atoms with Crippen LogP contribution in [0.1, 0.15) is 173 Å². The summed E-state index contributed by atoms with van der Waals surface area (Å²) >= 11 is 0. The fourth-order valence-electron chi connectivity index (χ4n) is 13.3. The minimum atomic E-state index is 0.729. The number of allylic oxidation sites excluding steroid dienone is 4. The first-order chi connectivity index (χ1) is 22.2. The second kappa shape index (κ2) is 15.8. The van der Waals surface area contributed by atoms with Gasteiger partial charge in [-0.3, -0.25) is 0 Å². The van der Waals surface area contributed by atoms with Gasteiger partial charge >= 0.3 is 0 Å². The molecule has 0 aliphatic heterocycles. The zero-order valence-corrected chi connectivity index (χ0v) is 34.0. The molecule has 0 aromatic heterocycles. The number of hydrogen-bond donors (Lipinski definition) is 0. The van der Waals surface area contributed by atoms with E-state index < -0.39 is 0 Å². The van der Waals surface area contributed by atoms with Crippen molar-refractivity contribution in [2.24, 2.45) is 101 Å². The molecule has 0 aromatic rings. The molecule has 5 aliphatic carbocycles. The van der Waals surface area contributed by atoms with Gasteiger partial charge in [0, 0.05) is 5.92 Å². The van der Waals surface area contributed by atoms with E-state index in [9.17, 15) is 0 Å². The van der Waals surface area contributed by atoms with Gasteiger partial charge in [-0.05, 0) is 164 Å². The third-order valence-electron chi connectivity index (χ3n) is 15.7. The van der Waals surface area contributed by atoms with E-state index in [4.69, 9.17) is 0 Å². The van der Waals surface area contributed by atoms with E-state index >= 15 is 0 Å². The fraction of sp³-hybridized carbons (Fsp3) is 0.915. The van der Waals surface area contributed by atoms with Crippen molar-refractivity contribution in [3.63, 3.8) is 0 Å². The Kier molecular flexibility index (Phi) is 12.7. The van der Waals surface area contributed by atoms with E-state index in [1.54, 1.807) is 0 Å². The molecule has 4 saturated carbocycles. The van der Waals surface area contributed by atoms with Crippen LogP contribution in [-0.2, 0) is 0 Å². The molecule has 5 rings (SSSR count). The summed E-state index contributed by atoms with van der Waals surface area (Å²) in [6, 6.07) is 0. The zero-order valence-electron chi connectivity index (χ0n) is 34.0. The van der Waals surface area contributed by atoms with Crippen LogP contribution in [0.15, 0.2) is 22.3 Å². The van der Waals surface area contributed by atoms with Crippen LogP contribution >= 0.6 is 0 Å². The van der Waals surface area contributed by atoms with Crippen molar-refractivity contribution >= 4 is 0 Å². The van der Waals surface area contributed by atoms with Gasteiger partial charge in [0.15, 0.2) is 0 Å². The van der Waals surface area contributed by atoms with Gasteiger partial charge < -0.3 is 0 Å². The van der Waals surface area contributed by atoms with Crippen LogP contribution in [0.4, 0.5) is 0 Å². The topological polar surface area (TPSA) is 0 Å². The predicted octanol–water partition coefficient (Wildman–Crippen LogP) is 14.5. The molecule has 0 aromatic carbocycles. The van der Waals surface area contributed by atoms with Gasteiger partial charge in [0.05, 0.1) is 0 Å². The van der Waals surface area contributed by atoms with Gasteiger partial charge in [0.25, 0.3) is 0 Å². The molecular weight excluding hydrogens is 565 g/mol. The van der Waals surface area contributed by atoms with E-state index in [1.165, 1.54) is 83.5 Å². The quantitative estimate of drug-likeness (QED) is 0.234. The molecule has 0 saturated heterocycles. The van der Waals surface area contributed by atoms with Gasteiger partial charge in [-0.15, -0.1) is 0 Å². The van der Waals surface area contributed by atoms with Crippen molar-refractivity contribution in [3.8, 4) is 0 Å². The highest BCUT2D eigenvalue weighted by Crippen LogP contribution is 2.63. The highest BCUT2D eigenvalue weighted by atomic mass is 14.6. The van der Waals surface area contributed by atoms with E-state index in [2.05, 4.69) is 101 Å². The Labute approximate surface area is 295 Å². The Balaban J connectivity index is 1.85. The van der Waals surface area contributed by atoms with Crippen molar-refractivity contribution in [1.82, 2.24) is 0 Å². The van der Waals surface area contributed by atoms with E-state index in [0.29, 0.717) is 0 Å².